The highest BCUT2D eigenvalue weighted by molar-refractivity contribution is 7.14. The van der Waals surface area contributed by atoms with Crippen molar-refractivity contribution >= 4 is 28.2 Å². The van der Waals surface area contributed by atoms with E-state index in [1.165, 1.54) is 18.4 Å². The van der Waals surface area contributed by atoms with Crippen molar-refractivity contribution in [3.63, 3.8) is 0 Å². The van der Waals surface area contributed by atoms with Crippen LogP contribution in [-0.2, 0) is 9.53 Å². The quantitative estimate of drug-likeness (QED) is 0.863. The van der Waals surface area contributed by atoms with Crippen LogP contribution >= 0.6 is 11.3 Å². The summed E-state index contributed by atoms with van der Waals surface area (Å²) in [6.07, 6.45) is 0. The van der Waals surface area contributed by atoms with Gasteiger partial charge in [0, 0.05) is 0 Å². The third kappa shape index (κ3) is 3.82. The van der Waals surface area contributed by atoms with Crippen LogP contribution < -0.4 is 10.1 Å². The summed E-state index contributed by atoms with van der Waals surface area (Å²) in [5.41, 5.74) is 1.29. The Morgan fingerprint density at radius 1 is 1.24 bits per heavy atom. The number of nitrogens with one attached hydrogen (secondary N) is 1. The molecule has 6 heteroatoms. The van der Waals surface area contributed by atoms with E-state index < -0.39 is 5.97 Å². The molecule has 0 atom stereocenters. The summed E-state index contributed by atoms with van der Waals surface area (Å²) in [7, 11) is 1.30. The minimum atomic E-state index is -0.480. The highest BCUT2D eigenvalue weighted by Crippen LogP contribution is 2.24. The van der Waals surface area contributed by atoms with Crippen molar-refractivity contribution in [2.75, 3.05) is 19.0 Å². The normalized spacial score (nSPS) is 10.0. The lowest BCUT2D eigenvalue weighted by atomic mass is 10.2. The SMILES string of the molecule is COC(=O)c1ccsc1NC(=O)COc1ccccc1C. The van der Waals surface area contributed by atoms with Gasteiger partial charge in [-0.15, -0.1) is 11.3 Å². The predicted molar refractivity (Wildman–Crippen MR) is 81.0 cm³/mol. The predicted octanol–water partition coefficient (Wildman–Crippen LogP) is 2.86. The van der Waals surface area contributed by atoms with E-state index in [0.717, 1.165) is 5.56 Å². The number of carbonyl (C=O) groups is 2. The van der Waals surface area contributed by atoms with E-state index in [9.17, 15) is 9.59 Å². The Labute approximate surface area is 126 Å². The van der Waals surface area contributed by atoms with Gasteiger partial charge in [-0.3, -0.25) is 4.79 Å². The molecule has 1 aromatic heterocycles. The van der Waals surface area contributed by atoms with Crippen LogP contribution in [0.15, 0.2) is 35.7 Å². The Morgan fingerprint density at radius 2 is 2.00 bits per heavy atom. The number of amides is 1. The zero-order valence-corrected chi connectivity index (χ0v) is 12.5. The molecule has 0 saturated carbocycles. The van der Waals surface area contributed by atoms with Gasteiger partial charge in [0.25, 0.3) is 5.91 Å². The number of rotatable bonds is 5. The van der Waals surface area contributed by atoms with Gasteiger partial charge in [0.2, 0.25) is 0 Å². The van der Waals surface area contributed by atoms with Crippen LogP contribution in [0.3, 0.4) is 0 Å². The summed E-state index contributed by atoms with van der Waals surface area (Å²) >= 11 is 1.26. The zero-order chi connectivity index (χ0) is 15.2. The molecule has 1 aromatic carbocycles. The highest BCUT2D eigenvalue weighted by Gasteiger charge is 2.15. The van der Waals surface area contributed by atoms with Crippen molar-refractivity contribution in [2.45, 2.75) is 6.92 Å². The van der Waals surface area contributed by atoms with Crippen LogP contribution in [0.1, 0.15) is 15.9 Å². The number of hydrogen-bond donors (Lipinski definition) is 1. The van der Waals surface area contributed by atoms with Gasteiger partial charge in [-0.2, -0.15) is 0 Å². The Hall–Kier alpha value is -2.34. The molecule has 0 saturated heterocycles. The monoisotopic (exact) mass is 305 g/mol. The first kappa shape index (κ1) is 15.1. The second-order valence-corrected chi connectivity index (χ2v) is 5.17. The standard InChI is InChI=1S/C15H15NO4S/c1-10-5-3-4-6-12(10)20-9-13(17)16-14-11(7-8-21-14)15(18)19-2/h3-8H,9H2,1-2H3,(H,16,17). The summed E-state index contributed by atoms with van der Waals surface area (Å²) in [4.78, 5) is 23.4. The molecular formula is C15H15NO4S. The fourth-order valence-electron chi connectivity index (χ4n) is 1.70. The van der Waals surface area contributed by atoms with E-state index >= 15 is 0 Å². The number of ether oxygens (including phenoxy) is 2. The second kappa shape index (κ2) is 6.90. The third-order valence-corrected chi connectivity index (χ3v) is 3.61. The largest absolute Gasteiger partial charge is 0.483 e. The molecule has 0 aliphatic rings. The molecule has 2 rings (SSSR count). The van der Waals surface area contributed by atoms with Gasteiger partial charge in [0.05, 0.1) is 12.7 Å². The lowest BCUT2D eigenvalue weighted by molar-refractivity contribution is -0.118. The van der Waals surface area contributed by atoms with Gasteiger partial charge in [0.1, 0.15) is 10.8 Å². The summed E-state index contributed by atoms with van der Waals surface area (Å²) in [6.45, 7) is 1.78. The van der Waals surface area contributed by atoms with Crippen molar-refractivity contribution in [1.82, 2.24) is 0 Å². The topological polar surface area (TPSA) is 64.6 Å². The number of thiophene rings is 1. The number of para-hydroxylation sites is 1. The van der Waals surface area contributed by atoms with E-state index in [-0.39, 0.29) is 12.5 Å². The maximum atomic E-state index is 11.9. The molecule has 1 N–H and O–H groups in total. The van der Waals surface area contributed by atoms with Crippen LogP contribution in [0.5, 0.6) is 5.75 Å². The van der Waals surface area contributed by atoms with Crippen molar-refractivity contribution in [3.8, 4) is 5.75 Å². The number of benzene rings is 1. The highest BCUT2D eigenvalue weighted by atomic mass is 32.1. The summed E-state index contributed by atoms with van der Waals surface area (Å²) in [5, 5.41) is 4.82. The summed E-state index contributed by atoms with van der Waals surface area (Å²) in [6, 6.07) is 9.05. The van der Waals surface area contributed by atoms with Crippen molar-refractivity contribution in [2.24, 2.45) is 0 Å². The van der Waals surface area contributed by atoms with Crippen LogP contribution in [-0.4, -0.2) is 25.6 Å². The van der Waals surface area contributed by atoms with E-state index in [2.05, 4.69) is 10.1 Å². The maximum absolute atomic E-state index is 11.9. The molecule has 0 aliphatic carbocycles. The van der Waals surface area contributed by atoms with E-state index in [4.69, 9.17) is 4.74 Å². The third-order valence-electron chi connectivity index (χ3n) is 2.78. The number of hydrogen-bond acceptors (Lipinski definition) is 5. The fourth-order valence-corrected chi connectivity index (χ4v) is 2.49. The number of anilines is 1. The lowest BCUT2D eigenvalue weighted by Crippen LogP contribution is -2.21. The fraction of sp³-hybridized carbons (Fsp3) is 0.200. The van der Waals surface area contributed by atoms with E-state index in [1.807, 2.05) is 25.1 Å². The van der Waals surface area contributed by atoms with Gasteiger partial charge < -0.3 is 14.8 Å². The van der Waals surface area contributed by atoms with Gasteiger partial charge in [-0.1, -0.05) is 18.2 Å². The first-order valence-electron chi connectivity index (χ1n) is 6.26. The van der Waals surface area contributed by atoms with Crippen LogP contribution in [0.2, 0.25) is 0 Å². The summed E-state index contributed by atoms with van der Waals surface area (Å²) in [5.74, 6) is -0.149. The van der Waals surface area contributed by atoms with Crippen LogP contribution in [0, 0.1) is 6.92 Å². The van der Waals surface area contributed by atoms with Gasteiger partial charge in [-0.25, -0.2) is 4.79 Å². The molecule has 0 spiro atoms. The van der Waals surface area contributed by atoms with Crippen LogP contribution in [0.4, 0.5) is 5.00 Å². The Bertz CT molecular complexity index is 651. The van der Waals surface area contributed by atoms with E-state index in [1.54, 1.807) is 17.5 Å². The Balaban J connectivity index is 1.95. The number of aryl methyl sites for hydroxylation is 1. The average Bonchev–Trinajstić information content (AvgIpc) is 2.93. The molecule has 0 bridgehead atoms. The lowest BCUT2D eigenvalue weighted by Gasteiger charge is -2.09. The number of methoxy groups -OCH3 is 1. The van der Waals surface area contributed by atoms with E-state index in [0.29, 0.717) is 16.3 Å². The molecule has 0 aliphatic heterocycles. The smallest absolute Gasteiger partial charge is 0.340 e. The average molecular weight is 305 g/mol. The molecule has 1 heterocycles. The molecule has 0 fully saturated rings. The Kier molecular flexibility index (Phi) is 4.94. The molecule has 5 nitrogen and oxygen atoms in total. The van der Waals surface area contributed by atoms with Crippen molar-refractivity contribution < 1.29 is 19.1 Å². The molecule has 0 unspecified atom stereocenters. The Morgan fingerprint density at radius 3 is 2.71 bits per heavy atom. The number of esters is 1. The van der Waals surface area contributed by atoms with Crippen molar-refractivity contribution in [3.05, 3.63) is 46.8 Å². The molecule has 110 valence electrons. The van der Waals surface area contributed by atoms with Gasteiger partial charge in [-0.05, 0) is 30.0 Å². The molecule has 2 aromatic rings. The molecule has 1 amide bonds. The first-order chi connectivity index (χ1) is 10.1. The van der Waals surface area contributed by atoms with Gasteiger partial charge in [0.15, 0.2) is 6.61 Å². The second-order valence-electron chi connectivity index (χ2n) is 4.26. The summed E-state index contributed by atoms with van der Waals surface area (Å²) < 4.78 is 10.1. The minimum absolute atomic E-state index is 0.122. The first-order valence-corrected chi connectivity index (χ1v) is 7.14. The maximum Gasteiger partial charge on any atom is 0.340 e. The zero-order valence-electron chi connectivity index (χ0n) is 11.7. The number of carbonyl (C=O) groups excluding carboxylic acids is 2. The van der Waals surface area contributed by atoms with Crippen LogP contribution in [0.25, 0.3) is 0 Å². The molecule has 21 heavy (non-hydrogen) atoms. The molecule has 0 radical (unpaired) electrons. The van der Waals surface area contributed by atoms with Gasteiger partial charge >= 0.3 is 5.97 Å². The van der Waals surface area contributed by atoms with Crippen molar-refractivity contribution in [1.29, 1.82) is 0 Å². The molecular weight excluding hydrogens is 290 g/mol. The minimum Gasteiger partial charge on any atom is -0.483 e.